The third-order valence-electron chi connectivity index (χ3n) is 3.08. The number of anilines is 1. The number of rotatable bonds is 1. The molecule has 0 radical (unpaired) electrons. The smallest absolute Gasteiger partial charge is 0.147 e. The molecule has 2 heterocycles. The quantitative estimate of drug-likeness (QED) is 0.678. The number of aromatic nitrogens is 2. The van der Waals surface area contributed by atoms with Gasteiger partial charge in [0.05, 0.1) is 18.1 Å². The highest BCUT2D eigenvalue weighted by Gasteiger charge is 2.26. The largest absolute Gasteiger partial charge is 0.355 e. The summed E-state index contributed by atoms with van der Waals surface area (Å²) >= 11 is 0. The molecule has 14 heavy (non-hydrogen) atoms. The molecule has 0 aromatic carbocycles. The molecular formula is C11H17N3. The lowest BCUT2D eigenvalue weighted by Crippen LogP contribution is -2.20. The maximum absolute atomic E-state index is 4.39. The second kappa shape index (κ2) is 3.56. The van der Waals surface area contributed by atoms with E-state index in [0.29, 0.717) is 0 Å². The summed E-state index contributed by atoms with van der Waals surface area (Å²) in [6.45, 7) is 8.78. The van der Waals surface area contributed by atoms with Gasteiger partial charge in [0.1, 0.15) is 5.82 Å². The first-order valence-corrected chi connectivity index (χ1v) is 5.20. The van der Waals surface area contributed by atoms with E-state index in [-0.39, 0.29) is 0 Å². The van der Waals surface area contributed by atoms with E-state index in [1.54, 1.807) is 0 Å². The second-order valence-electron chi connectivity index (χ2n) is 4.38. The van der Waals surface area contributed by atoms with Crippen LogP contribution >= 0.6 is 0 Å². The van der Waals surface area contributed by atoms with Crippen LogP contribution in [0.25, 0.3) is 0 Å². The predicted octanol–water partition coefficient (Wildman–Crippen LogP) is 1.88. The number of hydrogen-bond donors (Lipinski definition) is 0. The highest BCUT2D eigenvalue weighted by molar-refractivity contribution is 5.37. The fourth-order valence-corrected chi connectivity index (χ4v) is 1.87. The molecular weight excluding hydrogens is 174 g/mol. The third kappa shape index (κ3) is 1.72. The van der Waals surface area contributed by atoms with Crippen molar-refractivity contribution < 1.29 is 0 Å². The van der Waals surface area contributed by atoms with Crippen molar-refractivity contribution in [1.82, 2.24) is 9.97 Å². The van der Waals surface area contributed by atoms with E-state index in [0.717, 1.165) is 36.4 Å². The van der Waals surface area contributed by atoms with Gasteiger partial charge in [0.15, 0.2) is 0 Å². The van der Waals surface area contributed by atoms with Crippen molar-refractivity contribution in [3.63, 3.8) is 0 Å². The highest BCUT2D eigenvalue weighted by atomic mass is 15.2. The Morgan fingerprint density at radius 1 is 1.14 bits per heavy atom. The Morgan fingerprint density at radius 3 is 2.29 bits per heavy atom. The normalized spacial score (nSPS) is 26.9. The van der Waals surface area contributed by atoms with Crippen LogP contribution in [0.5, 0.6) is 0 Å². The Hall–Kier alpha value is -1.12. The van der Waals surface area contributed by atoms with Crippen molar-refractivity contribution in [1.29, 1.82) is 0 Å². The van der Waals surface area contributed by atoms with E-state index in [1.165, 1.54) is 0 Å². The van der Waals surface area contributed by atoms with Crippen LogP contribution in [0.2, 0.25) is 0 Å². The highest BCUT2D eigenvalue weighted by Crippen LogP contribution is 2.25. The van der Waals surface area contributed by atoms with Crippen LogP contribution in [0.3, 0.4) is 0 Å². The molecule has 3 heteroatoms. The van der Waals surface area contributed by atoms with Crippen LogP contribution < -0.4 is 4.90 Å². The summed E-state index contributed by atoms with van der Waals surface area (Å²) in [6.07, 6.45) is 3.71. The molecule has 2 rings (SSSR count). The molecule has 1 fully saturated rings. The fraction of sp³-hybridized carbons (Fsp3) is 0.636. The Labute approximate surface area is 85.2 Å². The van der Waals surface area contributed by atoms with Gasteiger partial charge in [-0.2, -0.15) is 0 Å². The molecule has 2 atom stereocenters. The van der Waals surface area contributed by atoms with Crippen molar-refractivity contribution >= 4 is 5.82 Å². The summed E-state index contributed by atoms with van der Waals surface area (Å²) in [5.74, 6) is 2.54. The Morgan fingerprint density at radius 2 is 1.79 bits per heavy atom. The number of hydrogen-bond acceptors (Lipinski definition) is 3. The molecule has 0 unspecified atom stereocenters. The Bertz CT molecular complexity index is 297. The summed E-state index contributed by atoms with van der Waals surface area (Å²) in [6, 6.07) is 0. The zero-order valence-corrected chi connectivity index (χ0v) is 9.07. The third-order valence-corrected chi connectivity index (χ3v) is 3.08. The van der Waals surface area contributed by atoms with E-state index in [4.69, 9.17) is 0 Å². The van der Waals surface area contributed by atoms with E-state index in [1.807, 2.05) is 19.3 Å². The minimum absolute atomic E-state index is 0.762. The van der Waals surface area contributed by atoms with Crippen molar-refractivity contribution in [3.8, 4) is 0 Å². The van der Waals surface area contributed by atoms with Gasteiger partial charge >= 0.3 is 0 Å². The van der Waals surface area contributed by atoms with Crippen LogP contribution in [-0.4, -0.2) is 23.1 Å². The number of nitrogens with zero attached hydrogens (tertiary/aromatic N) is 3. The van der Waals surface area contributed by atoms with Gasteiger partial charge in [0.2, 0.25) is 0 Å². The minimum atomic E-state index is 0.762. The molecule has 1 aliphatic heterocycles. The average molecular weight is 191 g/mol. The van der Waals surface area contributed by atoms with Crippen molar-refractivity contribution in [2.24, 2.45) is 11.8 Å². The van der Waals surface area contributed by atoms with Crippen LogP contribution in [0.4, 0.5) is 5.82 Å². The first-order chi connectivity index (χ1) is 6.66. The summed E-state index contributed by atoms with van der Waals surface area (Å²) in [4.78, 5) is 11.0. The van der Waals surface area contributed by atoms with Crippen LogP contribution in [0, 0.1) is 18.8 Å². The van der Waals surface area contributed by atoms with Gasteiger partial charge in [-0.15, -0.1) is 0 Å². The average Bonchev–Trinajstić information content (AvgIpc) is 2.48. The zero-order valence-electron chi connectivity index (χ0n) is 9.07. The van der Waals surface area contributed by atoms with Crippen molar-refractivity contribution in [2.45, 2.75) is 20.8 Å². The van der Waals surface area contributed by atoms with E-state index >= 15 is 0 Å². The molecule has 0 bridgehead atoms. The zero-order chi connectivity index (χ0) is 10.1. The topological polar surface area (TPSA) is 29.0 Å². The van der Waals surface area contributed by atoms with Crippen LogP contribution in [-0.2, 0) is 0 Å². The molecule has 0 amide bonds. The molecule has 1 aromatic heterocycles. The van der Waals surface area contributed by atoms with Gasteiger partial charge in [0, 0.05) is 13.1 Å². The lowest BCUT2D eigenvalue weighted by atomic mass is 10.0. The molecule has 0 spiro atoms. The Kier molecular flexibility index (Phi) is 2.40. The van der Waals surface area contributed by atoms with Crippen LogP contribution in [0.15, 0.2) is 12.4 Å². The van der Waals surface area contributed by atoms with Gasteiger partial charge in [-0.1, -0.05) is 13.8 Å². The summed E-state index contributed by atoms with van der Waals surface area (Å²) < 4.78 is 0. The summed E-state index contributed by atoms with van der Waals surface area (Å²) in [5, 5.41) is 0. The first kappa shape index (κ1) is 9.44. The van der Waals surface area contributed by atoms with Gasteiger partial charge in [-0.05, 0) is 18.8 Å². The molecule has 1 aliphatic rings. The lowest BCUT2D eigenvalue weighted by Gasteiger charge is -2.16. The van der Waals surface area contributed by atoms with E-state index < -0.39 is 0 Å². The minimum Gasteiger partial charge on any atom is -0.355 e. The molecule has 0 saturated carbocycles. The SMILES string of the molecule is Cc1cnc(N2C[C@@H](C)[C@@H](C)C2)cn1. The fourth-order valence-electron chi connectivity index (χ4n) is 1.87. The monoisotopic (exact) mass is 191 g/mol. The molecule has 0 aliphatic carbocycles. The summed E-state index contributed by atoms with van der Waals surface area (Å²) in [5.41, 5.74) is 0.981. The van der Waals surface area contributed by atoms with Gasteiger partial charge in [-0.25, -0.2) is 4.98 Å². The van der Waals surface area contributed by atoms with Crippen molar-refractivity contribution in [3.05, 3.63) is 18.1 Å². The molecule has 3 nitrogen and oxygen atoms in total. The first-order valence-electron chi connectivity index (χ1n) is 5.20. The Balaban J connectivity index is 2.13. The van der Waals surface area contributed by atoms with Crippen LogP contribution in [0.1, 0.15) is 19.5 Å². The maximum atomic E-state index is 4.39. The maximum Gasteiger partial charge on any atom is 0.147 e. The molecule has 76 valence electrons. The van der Waals surface area contributed by atoms with Gasteiger partial charge < -0.3 is 4.90 Å². The molecule has 1 saturated heterocycles. The molecule has 0 N–H and O–H groups in total. The summed E-state index contributed by atoms with van der Waals surface area (Å²) in [7, 11) is 0. The van der Waals surface area contributed by atoms with Gasteiger partial charge in [-0.3, -0.25) is 4.98 Å². The lowest BCUT2D eigenvalue weighted by molar-refractivity contribution is 0.494. The second-order valence-corrected chi connectivity index (χ2v) is 4.38. The molecule has 1 aromatic rings. The van der Waals surface area contributed by atoms with E-state index in [2.05, 4.69) is 28.7 Å². The number of aryl methyl sites for hydroxylation is 1. The van der Waals surface area contributed by atoms with Crippen molar-refractivity contribution in [2.75, 3.05) is 18.0 Å². The van der Waals surface area contributed by atoms with E-state index in [9.17, 15) is 0 Å². The predicted molar refractivity (Wildman–Crippen MR) is 57.3 cm³/mol. The standard InChI is InChI=1S/C11H17N3/c1-8-6-14(7-9(8)2)11-5-12-10(3)4-13-11/h4-5,8-9H,6-7H2,1-3H3/t8-,9+. The van der Waals surface area contributed by atoms with Gasteiger partial charge in [0.25, 0.3) is 0 Å².